The summed E-state index contributed by atoms with van der Waals surface area (Å²) in [7, 11) is -3.41. The summed E-state index contributed by atoms with van der Waals surface area (Å²) in [5.74, 6) is -0.837. The van der Waals surface area contributed by atoms with Gasteiger partial charge in [0, 0.05) is 11.3 Å². The number of anilines is 2. The largest absolute Gasteiger partial charge is 0.366 e. The Hall–Kier alpha value is -3.17. The van der Waals surface area contributed by atoms with Crippen molar-refractivity contribution in [3.8, 4) is 11.1 Å². The smallest absolute Gasteiger partial charge is 0.265 e. The molecule has 144 valence electrons. The van der Waals surface area contributed by atoms with Gasteiger partial charge in [0.05, 0.1) is 16.8 Å². The summed E-state index contributed by atoms with van der Waals surface area (Å²) in [5.41, 5.74) is 8.10. The van der Waals surface area contributed by atoms with Crippen molar-refractivity contribution < 1.29 is 18.0 Å². The van der Waals surface area contributed by atoms with E-state index in [4.69, 9.17) is 5.73 Å². The van der Waals surface area contributed by atoms with Crippen LogP contribution in [-0.2, 0) is 10.0 Å². The minimum Gasteiger partial charge on any atom is -0.366 e. The van der Waals surface area contributed by atoms with Crippen LogP contribution in [0.5, 0.6) is 0 Å². The number of nitrogens with one attached hydrogen (secondary N) is 2. The van der Waals surface area contributed by atoms with Gasteiger partial charge in [-0.3, -0.25) is 14.3 Å². The fourth-order valence-electron chi connectivity index (χ4n) is 2.53. The SMILES string of the molecule is CS(=O)(=O)Nc1cccc(NC(=O)c2cc(-c3cccc(C(N)=O)c3)cs2)c1. The van der Waals surface area contributed by atoms with E-state index >= 15 is 0 Å². The number of sulfonamides is 1. The summed E-state index contributed by atoms with van der Waals surface area (Å²) < 4.78 is 25.0. The van der Waals surface area contributed by atoms with Crippen molar-refractivity contribution in [2.24, 2.45) is 5.73 Å². The predicted octanol–water partition coefficient (Wildman–Crippen LogP) is 3.14. The van der Waals surface area contributed by atoms with E-state index in [1.54, 1.807) is 42.5 Å². The number of carbonyl (C=O) groups is 2. The maximum atomic E-state index is 12.5. The molecule has 0 aliphatic rings. The highest BCUT2D eigenvalue weighted by molar-refractivity contribution is 7.92. The number of hydrogen-bond acceptors (Lipinski definition) is 5. The van der Waals surface area contributed by atoms with Crippen LogP contribution in [0.15, 0.2) is 60.0 Å². The van der Waals surface area contributed by atoms with Gasteiger partial charge in [-0.15, -0.1) is 11.3 Å². The highest BCUT2D eigenvalue weighted by Gasteiger charge is 2.12. The molecule has 0 bridgehead atoms. The van der Waals surface area contributed by atoms with Gasteiger partial charge in [-0.1, -0.05) is 18.2 Å². The van der Waals surface area contributed by atoms with E-state index in [0.29, 0.717) is 21.8 Å². The van der Waals surface area contributed by atoms with Crippen LogP contribution in [0.4, 0.5) is 11.4 Å². The van der Waals surface area contributed by atoms with Crippen LogP contribution in [0.2, 0.25) is 0 Å². The number of benzene rings is 2. The Morgan fingerprint density at radius 2 is 1.68 bits per heavy atom. The zero-order chi connectivity index (χ0) is 20.3. The van der Waals surface area contributed by atoms with Crippen molar-refractivity contribution in [2.75, 3.05) is 16.3 Å². The second-order valence-electron chi connectivity index (χ2n) is 6.05. The fraction of sp³-hybridized carbons (Fsp3) is 0.0526. The molecule has 0 fully saturated rings. The molecule has 9 heteroatoms. The molecule has 4 N–H and O–H groups in total. The van der Waals surface area contributed by atoms with Gasteiger partial charge in [-0.05, 0) is 52.9 Å². The quantitative estimate of drug-likeness (QED) is 0.573. The van der Waals surface area contributed by atoms with Gasteiger partial charge in [0.25, 0.3) is 5.91 Å². The first-order valence-electron chi connectivity index (χ1n) is 8.09. The van der Waals surface area contributed by atoms with Gasteiger partial charge in [-0.2, -0.15) is 0 Å². The van der Waals surface area contributed by atoms with E-state index in [1.807, 2.05) is 11.4 Å². The molecule has 0 radical (unpaired) electrons. The zero-order valence-electron chi connectivity index (χ0n) is 14.8. The van der Waals surface area contributed by atoms with Crippen LogP contribution in [0, 0.1) is 0 Å². The number of nitrogens with two attached hydrogens (primary N) is 1. The molecule has 1 aromatic heterocycles. The van der Waals surface area contributed by atoms with Crippen LogP contribution in [0.1, 0.15) is 20.0 Å². The van der Waals surface area contributed by atoms with Crippen LogP contribution >= 0.6 is 11.3 Å². The summed E-state index contributed by atoms with van der Waals surface area (Å²) >= 11 is 1.26. The third kappa shape index (κ3) is 4.96. The minimum absolute atomic E-state index is 0.321. The number of thiophene rings is 1. The first kappa shape index (κ1) is 19.6. The number of hydrogen-bond donors (Lipinski definition) is 3. The molecule has 7 nitrogen and oxygen atoms in total. The van der Waals surface area contributed by atoms with Gasteiger partial charge >= 0.3 is 0 Å². The molecule has 3 aromatic rings. The normalized spacial score (nSPS) is 11.0. The maximum Gasteiger partial charge on any atom is 0.265 e. The monoisotopic (exact) mass is 415 g/mol. The zero-order valence-corrected chi connectivity index (χ0v) is 16.4. The van der Waals surface area contributed by atoms with Crippen LogP contribution < -0.4 is 15.8 Å². The maximum absolute atomic E-state index is 12.5. The Bertz CT molecular complexity index is 1150. The van der Waals surface area contributed by atoms with E-state index in [0.717, 1.165) is 17.4 Å². The van der Waals surface area contributed by atoms with Crippen molar-refractivity contribution >= 4 is 44.5 Å². The molecule has 0 spiro atoms. The summed E-state index contributed by atoms with van der Waals surface area (Å²) in [6.07, 6.45) is 1.05. The molecule has 0 unspecified atom stereocenters. The molecule has 0 saturated heterocycles. The number of rotatable bonds is 6. The highest BCUT2D eigenvalue weighted by atomic mass is 32.2. The molecular weight excluding hydrogens is 398 g/mol. The van der Waals surface area contributed by atoms with Gasteiger partial charge in [0.15, 0.2) is 0 Å². The fourth-order valence-corrected chi connectivity index (χ4v) is 3.89. The van der Waals surface area contributed by atoms with Crippen molar-refractivity contribution in [3.05, 3.63) is 70.4 Å². The Labute approximate surface area is 166 Å². The lowest BCUT2D eigenvalue weighted by atomic mass is 10.1. The Kier molecular flexibility index (Phi) is 5.48. The molecule has 0 atom stereocenters. The summed E-state index contributed by atoms with van der Waals surface area (Å²) in [6.45, 7) is 0. The van der Waals surface area contributed by atoms with E-state index < -0.39 is 15.9 Å². The highest BCUT2D eigenvalue weighted by Crippen LogP contribution is 2.27. The lowest BCUT2D eigenvalue weighted by molar-refractivity contribution is 0.0998. The van der Waals surface area contributed by atoms with Crippen molar-refractivity contribution in [1.29, 1.82) is 0 Å². The summed E-state index contributed by atoms with van der Waals surface area (Å²) in [4.78, 5) is 24.3. The molecule has 28 heavy (non-hydrogen) atoms. The van der Waals surface area contributed by atoms with Crippen LogP contribution in [-0.4, -0.2) is 26.5 Å². The molecule has 2 aromatic carbocycles. The third-order valence-corrected chi connectivity index (χ3v) is 5.26. The third-order valence-electron chi connectivity index (χ3n) is 3.73. The van der Waals surface area contributed by atoms with E-state index in [9.17, 15) is 18.0 Å². The minimum atomic E-state index is -3.41. The average Bonchev–Trinajstić information content (AvgIpc) is 3.11. The van der Waals surface area contributed by atoms with Crippen LogP contribution in [0.3, 0.4) is 0 Å². The molecule has 0 saturated carbocycles. The van der Waals surface area contributed by atoms with Gasteiger partial charge in [-0.25, -0.2) is 8.42 Å². The Balaban J connectivity index is 1.77. The van der Waals surface area contributed by atoms with Gasteiger partial charge < -0.3 is 11.1 Å². The van der Waals surface area contributed by atoms with Crippen molar-refractivity contribution in [2.45, 2.75) is 0 Å². The summed E-state index contributed by atoms with van der Waals surface area (Å²) in [5, 5.41) is 4.56. The first-order chi connectivity index (χ1) is 13.2. The molecular formula is C19H17N3O4S2. The first-order valence-corrected chi connectivity index (χ1v) is 10.9. The topological polar surface area (TPSA) is 118 Å². The van der Waals surface area contributed by atoms with Crippen LogP contribution in [0.25, 0.3) is 11.1 Å². The lowest BCUT2D eigenvalue weighted by Crippen LogP contribution is -2.12. The molecule has 2 amide bonds. The number of carbonyl (C=O) groups excluding carboxylic acids is 2. The van der Waals surface area contributed by atoms with Crippen molar-refractivity contribution in [3.63, 3.8) is 0 Å². The van der Waals surface area contributed by atoms with E-state index in [-0.39, 0.29) is 5.91 Å². The standard InChI is InChI=1S/C19H17N3O4S2/c1-28(25,26)22-16-7-3-6-15(10-16)21-19(24)17-9-14(11-27-17)12-4-2-5-13(8-12)18(20)23/h2-11,22H,1H3,(H2,20,23)(H,21,24). The lowest BCUT2D eigenvalue weighted by Gasteiger charge is -2.07. The Morgan fingerprint density at radius 1 is 0.964 bits per heavy atom. The Morgan fingerprint density at radius 3 is 2.39 bits per heavy atom. The van der Waals surface area contributed by atoms with E-state index in [1.165, 1.54) is 17.4 Å². The summed E-state index contributed by atoms with van der Waals surface area (Å²) in [6, 6.07) is 15.0. The van der Waals surface area contributed by atoms with Gasteiger partial charge in [0.2, 0.25) is 15.9 Å². The molecule has 1 heterocycles. The van der Waals surface area contributed by atoms with Gasteiger partial charge in [0.1, 0.15) is 0 Å². The second-order valence-corrected chi connectivity index (χ2v) is 8.71. The van der Waals surface area contributed by atoms with Crippen molar-refractivity contribution in [1.82, 2.24) is 0 Å². The molecule has 3 rings (SSSR count). The number of primary amides is 1. The predicted molar refractivity (Wildman–Crippen MR) is 111 cm³/mol. The molecule has 0 aliphatic heterocycles. The average molecular weight is 415 g/mol. The number of amides is 2. The van der Waals surface area contributed by atoms with E-state index in [2.05, 4.69) is 10.0 Å². The second kappa shape index (κ2) is 7.83. The molecule has 0 aliphatic carbocycles.